The summed E-state index contributed by atoms with van der Waals surface area (Å²) in [6, 6.07) is 0. The molecule has 0 radical (unpaired) electrons. The highest BCUT2D eigenvalue weighted by molar-refractivity contribution is 5.81. The van der Waals surface area contributed by atoms with Crippen molar-refractivity contribution in [3.05, 3.63) is 0 Å². The third-order valence-electron chi connectivity index (χ3n) is 3.26. The van der Waals surface area contributed by atoms with Crippen LogP contribution in [0.4, 0.5) is 0 Å². The van der Waals surface area contributed by atoms with E-state index in [0.717, 1.165) is 12.8 Å². The second kappa shape index (κ2) is 10.6. The lowest BCUT2D eigenvalue weighted by molar-refractivity contribution is -0.161. The molecule has 21 heavy (non-hydrogen) atoms. The number of carbonyl (C=O) groups excluding carboxylic acids is 2. The Morgan fingerprint density at radius 3 is 1.76 bits per heavy atom. The number of rotatable bonds is 10. The van der Waals surface area contributed by atoms with Gasteiger partial charge in [-0.25, -0.2) is 0 Å². The van der Waals surface area contributed by atoms with Gasteiger partial charge in [-0.3, -0.25) is 9.59 Å². The molecule has 0 bridgehead atoms. The maximum Gasteiger partial charge on any atom is 0.309 e. The van der Waals surface area contributed by atoms with Crippen LogP contribution in [0.25, 0.3) is 0 Å². The normalized spacial score (nSPS) is 14.1. The van der Waals surface area contributed by atoms with Gasteiger partial charge in [0.1, 0.15) is 0 Å². The van der Waals surface area contributed by atoms with Gasteiger partial charge in [-0.15, -0.1) is 0 Å². The fourth-order valence-electron chi connectivity index (χ4n) is 1.90. The van der Waals surface area contributed by atoms with Crippen molar-refractivity contribution in [3.8, 4) is 0 Å². The second-order valence-corrected chi connectivity index (χ2v) is 6.59. The number of hydrogen-bond donors (Lipinski definition) is 0. The average molecular weight is 300 g/mol. The van der Waals surface area contributed by atoms with E-state index in [2.05, 4.69) is 6.92 Å². The molecule has 0 N–H and O–H groups in total. The molecule has 0 spiro atoms. The van der Waals surface area contributed by atoms with Crippen LogP contribution < -0.4 is 0 Å². The van der Waals surface area contributed by atoms with E-state index >= 15 is 0 Å². The van der Waals surface area contributed by atoms with Crippen molar-refractivity contribution >= 4 is 11.9 Å². The first-order chi connectivity index (χ1) is 9.79. The molecule has 0 saturated carbocycles. The summed E-state index contributed by atoms with van der Waals surface area (Å²) in [5.41, 5.74) is 0. The smallest absolute Gasteiger partial charge is 0.309 e. The van der Waals surface area contributed by atoms with E-state index in [1.54, 1.807) is 6.92 Å². The van der Waals surface area contributed by atoms with Crippen LogP contribution in [-0.4, -0.2) is 25.2 Å². The largest absolute Gasteiger partial charge is 0.465 e. The van der Waals surface area contributed by atoms with Crippen LogP contribution in [0.5, 0.6) is 0 Å². The van der Waals surface area contributed by atoms with E-state index in [1.807, 2.05) is 27.7 Å². The van der Waals surface area contributed by atoms with Gasteiger partial charge in [-0.1, -0.05) is 54.4 Å². The van der Waals surface area contributed by atoms with Crippen LogP contribution in [0.1, 0.15) is 60.8 Å². The fraction of sp³-hybridized carbons (Fsp3) is 0.882. The summed E-state index contributed by atoms with van der Waals surface area (Å²) in [4.78, 5) is 24.3. The molecule has 2 atom stereocenters. The van der Waals surface area contributed by atoms with Crippen molar-refractivity contribution in [3.63, 3.8) is 0 Å². The minimum atomic E-state index is -0.449. The minimum Gasteiger partial charge on any atom is -0.465 e. The zero-order chi connectivity index (χ0) is 16.4. The average Bonchev–Trinajstić information content (AvgIpc) is 2.42. The molecular formula is C17H32O4. The number of esters is 2. The molecule has 0 aliphatic rings. The van der Waals surface area contributed by atoms with E-state index in [9.17, 15) is 9.59 Å². The highest BCUT2D eigenvalue weighted by atomic mass is 16.5. The summed E-state index contributed by atoms with van der Waals surface area (Å²) < 4.78 is 10.6. The number of hydrogen-bond acceptors (Lipinski definition) is 4. The zero-order valence-corrected chi connectivity index (χ0v) is 14.5. The van der Waals surface area contributed by atoms with Gasteiger partial charge in [-0.05, 0) is 18.3 Å². The van der Waals surface area contributed by atoms with E-state index in [4.69, 9.17) is 9.47 Å². The highest BCUT2D eigenvalue weighted by Gasteiger charge is 2.32. The Labute approximate surface area is 129 Å². The molecule has 0 fully saturated rings. The molecule has 4 heteroatoms. The van der Waals surface area contributed by atoms with E-state index in [0.29, 0.717) is 31.5 Å². The topological polar surface area (TPSA) is 52.6 Å². The number of unbranched alkanes of at least 4 members (excludes halogenated alkanes) is 1. The molecule has 0 aliphatic heterocycles. The monoisotopic (exact) mass is 300 g/mol. The summed E-state index contributed by atoms with van der Waals surface area (Å²) in [6.07, 6.45) is 2.57. The van der Waals surface area contributed by atoms with Gasteiger partial charge in [0.05, 0.1) is 25.0 Å². The SMILES string of the molecule is CCCCC(C(=O)OCC(C)C)C(C)C(=O)OCC(C)C. The molecule has 2 unspecified atom stereocenters. The molecular weight excluding hydrogens is 268 g/mol. The molecule has 0 rings (SSSR count). The Morgan fingerprint density at radius 1 is 0.857 bits per heavy atom. The van der Waals surface area contributed by atoms with Gasteiger partial charge in [0.15, 0.2) is 0 Å². The molecule has 0 aliphatic carbocycles. The minimum absolute atomic E-state index is 0.272. The summed E-state index contributed by atoms with van der Waals surface area (Å²) in [5.74, 6) is -0.831. The van der Waals surface area contributed by atoms with Gasteiger partial charge >= 0.3 is 11.9 Å². The Bertz CT molecular complexity index is 310. The summed E-state index contributed by atoms with van der Waals surface area (Å²) in [7, 11) is 0. The van der Waals surface area contributed by atoms with Crippen LogP contribution in [0.3, 0.4) is 0 Å². The van der Waals surface area contributed by atoms with Gasteiger partial charge in [-0.2, -0.15) is 0 Å². The lowest BCUT2D eigenvalue weighted by Gasteiger charge is -2.22. The number of carbonyl (C=O) groups is 2. The first kappa shape index (κ1) is 19.9. The quantitative estimate of drug-likeness (QED) is 0.575. The third-order valence-corrected chi connectivity index (χ3v) is 3.26. The van der Waals surface area contributed by atoms with Crippen molar-refractivity contribution in [1.82, 2.24) is 0 Å². The van der Waals surface area contributed by atoms with Crippen molar-refractivity contribution in [2.45, 2.75) is 60.8 Å². The Hall–Kier alpha value is -1.06. The molecule has 0 aromatic carbocycles. The summed E-state index contributed by atoms with van der Waals surface area (Å²) >= 11 is 0. The first-order valence-electron chi connectivity index (χ1n) is 8.12. The predicted molar refractivity (Wildman–Crippen MR) is 83.8 cm³/mol. The van der Waals surface area contributed by atoms with E-state index in [-0.39, 0.29) is 11.9 Å². The molecule has 124 valence electrons. The molecule has 0 amide bonds. The molecule has 4 nitrogen and oxygen atoms in total. The van der Waals surface area contributed by atoms with Gasteiger partial charge in [0.25, 0.3) is 0 Å². The van der Waals surface area contributed by atoms with Crippen LogP contribution in [-0.2, 0) is 19.1 Å². The molecule has 0 heterocycles. The van der Waals surface area contributed by atoms with Crippen LogP contribution >= 0.6 is 0 Å². The molecule has 0 aromatic heterocycles. The van der Waals surface area contributed by atoms with Crippen LogP contribution in [0, 0.1) is 23.7 Å². The van der Waals surface area contributed by atoms with Gasteiger partial charge in [0, 0.05) is 0 Å². The van der Waals surface area contributed by atoms with Crippen LogP contribution in [0.2, 0.25) is 0 Å². The van der Waals surface area contributed by atoms with Gasteiger partial charge in [0.2, 0.25) is 0 Å². The first-order valence-corrected chi connectivity index (χ1v) is 8.12. The van der Waals surface area contributed by atoms with Crippen molar-refractivity contribution in [2.75, 3.05) is 13.2 Å². The van der Waals surface area contributed by atoms with Crippen molar-refractivity contribution < 1.29 is 19.1 Å². The third kappa shape index (κ3) is 8.74. The van der Waals surface area contributed by atoms with Crippen LogP contribution in [0.15, 0.2) is 0 Å². The number of ether oxygens (including phenoxy) is 2. The fourth-order valence-corrected chi connectivity index (χ4v) is 1.90. The maximum absolute atomic E-state index is 12.2. The summed E-state index contributed by atoms with van der Waals surface area (Å²) in [6.45, 7) is 12.6. The summed E-state index contributed by atoms with van der Waals surface area (Å²) in [5, 5.41) is 0. The zero-order valence-electron chi connectivity index (χ0n) is 14.5. The van der Waals surface area contributed by atoms with E-state index < -0.39 is 11.8 Å². The Kier molecular flexibility index (Phi) is 10.1. The second-order valence-electron chi connectivity index (χ2n) is 6.59. The molecule has 0 saturated heterocycles. The predicted octanol–water partition coefficient (Wildman–Crippen LogP) is 3.83. The maximum atomic E-state index is 12.2. The van der Waals surface area contributed by atoms with Crippen molar-refractivity contribution in [1.29, 1.82) is 0 Å². The van der Waals surface area contributed by atoms with Crippen molar-refractivity contribution in [2.24, 2.45) is 23.7 Å². The Morgan fingerprint density at radius 2 is 1.33 bits per heavy atom. The molecule has 0 aromatic rings. The van der Waals surface area contributed by atoms with E-state index in [1.165, 1.54) is 0 Å². The highest BCUT2D eigenvalue weighted by Crippen LogP contribution is 2.22. The Balaban J connectivity index is 4.62. The standard InChI is InChI=1S/C17H32O4/c1-7-8-9-15(17(19)21-11-13(4)5)14(6)16(18)20-10-12(2)3/h12-15H,7-11H2,1-6H3. The lowest BCUT2D eigenvalue weighted by atomic mass is 9.89. The lowest BCUT2D eigenvalue weighted by Crippen LogP contribution is -2.32. The van der Waals surface area contributed by atoms with Gasteiger partial charge < -0.3 is 9.47 Å².